The second-order valence-corrected chi connectivity index (χ2v) is 7.73. The Kier molecular flexibility index (Phi) is 6.18. The first-order chi connectivity index (χ1) is 14.9. The van der Waals surface area contributed by atoms with Crippen LogP contribution in [-0.2, 0) is 16.2 Å². The van der Waals surface area contributed by atoms with Crippen LogP contribution in [0.4, 0.5) is 4.39 Å². The number of hydrogen-bond acceptors (Lipinski definition) is 4. The fourth-order valence-electron chi connectivity index (χ4n) is 3.54. The van der Waals surface area contributed by atoms with Gasteiger partial charge in [-0.1, -0.05) is 53.5 Å². The first kappa shape index (κ1) is 21.2. The van der Waals surface area contributed by atoms with Crippen LogP contribution in [0.3, 0.4) is 0 Å². The SMILES string of the molecule is O=C1N[C@@H](c2ccc(Cl)cc2Cl)[C@H](C(=O)NOCc2cccc(F)n2)c2ccccc21. The molecule has 0 aliphatic carbocycles. The summed E-state index contributed by atoms with van der Waals surface area (Å²) in [6.45, 7) is -0.128. The number of pyridine rings is 1. The van der Waals surface area contributed by atoms with Crippen molar-refractivity contribution < 1.29 is 18.8 Å². The lowest BCUT2D eigenvalue weighted by atomic mass is 9.80. The number of nitrogens with zero attached hydrogens (tertiary/aromatic N) is 1. The Morgan fingerprint density at radius 3 is 2.68 bits per heavy atom. The maximum atomic E-state index is 13.2. The zero-order chi connectivity index (χ0) is 22.0. The quantitative estimate of drug-likeness (QED) is 0.439. The standard InChI is InChI=1S/C22H16Cl2FN3O3/c23-12-8-9-16(17(24)10-12)20-19(14-5-1-2-6-15(14)21(29)27-20)22(30)28-31-11-13-4-3-7-18(25)26-13/h1-10,19-20H,11H2,(H,27,29)(H,28,30)/t19-,20+/m1/s1. The van der Waals surface area contributed by atoms with E-state index in [1.54, 1.807) is 48.5 Å². The lowest BCUT2D eigenvalue weighted by molar-refractivity contribution is -0.137. The number of hydroxylamine groups is 1. The normalized spacial score (nSPS) is 17.6. The summed E-state index contributed by atoms with van der Waals surface area (Å²) in [5.74, 6) is -2.29. The average molecular weight is 460 g/mol. The molecule has 158 valence electrons. The number of nitrogens with one attached hydrogen (secondary N) is 2. The van der Waals surface area contributed by atoms with Crippen LogP contribution in [0.1, 0.15) is 39.1 Å². The van der Waals surface area contributed by atoms with Crippen LogP contribution in [0, 0.1) is 5.95 Å². The highest BCUT2D eigenvalue weighted by Gasteiger charge is 2.40. The molecule has 1 aliphatic rings. The van der Waals surface area contributed by atoms with Gasteiger partial charge in [0.25, 0.3) is 11.8 Å². The topological polar surface area (TPSA) is 80.3 Å². The molecule has 1 aromatic heterocycles. The van der Waals surface area contributed by atoms with E-state index in [0.29, 0.717) is 32.4 Å². The van der Waals surface area contributed by atoms with Crippen molar-refractivity contribution in [2.45, 2.75) is 18.6 Å². The molecule has 9 heteroatoms. The van der Waals surface area contributed by atoms with E-state index in [2.05, 4.69) is 15.8 Å². The summed E-state index contributed by atoms with van der Waals surface area (Å²) in [4.78, 5) is 34.7. The molecule has 2 aromatic carbocycles. The molecule has 0 bridgehead atoms. The van der Waals surface area contributed by atoms with Gasteiger partial charge in [-0.2, -0.15) is 4.39 Å². The van der Waals surface area contributed by atoms with E-state index in [1.165, 1.54) is 12.1 Å². The predicted octanol–water partition coefficient (Wildman–Crippen LogP) is 4.34. The van der Waals surface area contributed by atoms with Crippen LogP contribution in [0.2, 0.25) is 10.0 Å². The second kappa shape index (κ2) is 9.01. The monoisotopic (exact) mass is 459 g/mol. The molecule has 0 saturated heterocycles. The zero-order valence-corrected chi connectivity index (χ0v) is 17.5. The molecule has 3 aromatic rings. The number of rotatable bonds is 5. The van der Waals surface area contributed by atoms with E-state index in [1.807, 2.05) is 0 Å². The number of amides is 2. The molecule has 1 aliphatic heterocycles. The molecule has 6 nitrogen and oxygen atoms in total. The molecule has 4 rings (SSSR count). The third-order valence-corrected chi connectivity index (χ3v) is 5.47. The molecule has 2 N–H and O–H groups in total. The highest BCUT2D eigenvalue weighted by Crippen LogP contribution is 2.40. The van der Waals surface area contributed by atoms with Crippen LogP contribution in [-0.4, -0.2) is 16.8 Å². The molecule has 2 atom stereocenters. The van der Waals surface area contributed by atoms with Crippen molar-refractivity contribution in [3.63, 3.8) is 0 Å². The Morgan fingerprint density at radius 2 is 1.90 bits per heavy atom. The predicted molar refractivity (Wildman–Crippen MR) is 113 cm³/mol. The van der Waals surface area contributed by atoms with Crippen LogP contribution in [0.15, 0.2) is 60.7 Å². The van der Waals surface area contributed by atoms with Gasteiger partial charge in [0.2, 0.25) is 5.95 Å². The maximum absolute atomic E-state index is 13.2. The Hall–Kier alpha value is -3.00. The molecule has 0 fully saturated rings. The number of halogens is 3. The summed E-state index contributed by atoms with van der Waals surface area (Å²) < 4.78 is 13.2. The minimum atomic E-state index is -0.826. The fourth-order valence-corrected chi connectivity index (χ4v) is 4.06. The molecule has 31 heavy (non-hydrogen) atoms. The zero-order valence-electron chi connectivity index (χ0n) is 15.9. The largest absolute Gasteiger partial charge is 0.344 e. The number of fused-ring (bicyclic) bond motifs is 1. The Bertz CT molecular complexity index is 1160. The number of aromatic nitrogens is 1. The summed E-state index contributed by atoms with van der Waals surface area (Å²) in [6.07, 6.45) is 0. The van der Waals surface area contributed by atoms with Crippen molar-refractivity contribution in [2.75, 3.05) is 0 Å². The summed E-state index contributed by atoms with van der Waals surface area (Å²) in [6, 6.07) is 15.2. The van der Waals surface area contributed by atoms with Gasteiger partial charge in [-0.25, -0.2) is 10.5 Å². The number of carbonyl (C=O) groups excluding carboxylic acids is 2. The van der Waals surface area contributed by atoms with Crippen molar-refractivity contribution in [3.8, 4) is 0 Å². The summed E-state index contributed by atoms with van der Waals surface area (Å²) in [5.41, 5.74) is 4.16. The first-order valence-electron chi connectivity index (χ1n) is 9.32. The van der Waals surface area contributed by atoms with Gasteiger partial charge in [-0.3, -0.25) is 14.4 Å². The second-order valence-electron chi connectivity index (χ2n) is 6.89. The van der Waals surface area contributed by atoms with Crippen LogP contribution in [0.25, 0.3) is 0 Å². The Morgan fingerprint density at radius 1 is 1.10 bits per heavy atom. The molecular weight excluding hydrogens is 444 g/mol. The lowest BCUT2D eigenvalue weighted by Crippen LogP contribution is -2.44. The molecule has 2 amide bonds. The van der Waals surface area contributed by atoms with Crippen molar-refractivity contribution in [2.24, 2.45) is 0 Å². The van der Waals surface area contributed by atoms with Gasteiger partial charge in [-0.15, -0.1) is 0 Å². The van der Waals surface area contributed by atoms with E-state index < -0.39 is 23.8 Å². The highest BCUT2D eigenvalue weighted by molar-refractivity contribution is 6.35. The summed E-state index contributed by atoms with van der Waals surface area (Å²) >= 11 is 12.4. The smallest absolute Gasteiger partial charge is 0.253 e. The molecular formula is C22H16Cl2FN3O3. The van der Waals surface area contributed by atoms with Gasteiger partial charge in [0, 0.05) is 15.6 Å². The molecule has 0 unspecified atom stereocenters. The van der Waals surface area contributed by atoms with E-state index in [4.69, 9.17) is 28.0 Å². The minimum Gasteiger partial charge on any atom is -0.344 e. The van der Waals surface area contributed by atoms with Crippen molar-refractivity contribution in [1.29, 1.82) is 0 Å². The fraction of sp³-hybridized carbons (Fsp3) is 0.136. The molecule has 0 radical (unpaired) electrons. The molecule has 0 spiro atoms. The number of benzene rings is 2. The van der Waals surface area contributed by atoms with Crippen LogP contribution < -0.4 is 10.8 Å². The van der Waals surface area contributed by atoms with Gasteiger partial charge in [0.15, 0.2) is 0 Å². The van der Waals surface area contributed by atoms with E-state index in [9.17, 15) is 14.0 Å². The van der Waals surface area contributed by atoms with Crippen molar-refractivity contribution >= 4 is 35.0 Å². The van der Waals surface area contributed by atoms with E-state index >= 15 is 0 Å². The maximum Gasteiger partial charge on any atom is 0.253 e. The Balaban J connectivity index is 1.62. The average Bonchev–Trinajstić information content (AvgIpc) is 2.74. The van der Waals surface area contributed by atoms with Crippen molar-refractivity contribution in [1.82, 2.24) is 15.8 Å². The number of hydrogen-bond donors (Lipinski definition) is 2. The lowest BCUT2D eigenvalue weighted by Gasteiger charge is -2.33. The van der Waals surface area contributed by atoms with E-state index in [0.717, 1.165) is 0 Å². The van der Waals surface area contributed by atoms with Crippen LogP contribution >= 0.6 is 23.2 Å². The summed E-state index contributed by atoms with van der Waals surface area (Å²) in [5, 5.41) is 3.60. The first-order valence-corrected chi connectivity index (χ1v) is 10.1. The van der Waals surface area contributed by atoms with Gasteiger partial charge in [0.05, 0.1) is 17.7 Å². The Labute approximate surface area is 187 Å². The van der Waals surface area contributed by atoms with Gasteiger partial charge in [-0.05, 0) is 41.5 Å². The minimum absolute atomic E-state index is 0.128. The third-order valence-electron chi connectivity index (χ3n) is 4.91. The van der Waals surface area contributed by atoms with Crippen molar-refractivity contribution in [3.05, 3.63) is 99.0 Å². The molecule has 0 saturated carbocycles. The summed E-state index contributed by atoms with van der Waals surface area (Å²) in [7, 11) is 0. The van der Waals surface area contributed by atoms with Gasteiger partial charge in [0.1, 0.15) is 6.61 Å². The van der Waals surface area contributed by atoms with Crippen LogP contribution in [0.5, 0.6) is 0 Å². The van der Waals surface area contributed by atoms with E-state index in [-0.39, 0.29) is 12.5 Å². The number of carbonyl (C=O) groups is 2. The van der Waals surface area contributed by atoms with Gasteiger partial charge >= 0.3 is 0 Å². The highest BCUT2D eigenvalue weighted by atomic mass is 35.5. The third kappa shape index (κ3) is 4.54. The molecule has 2 heterocycles. The van der Waals surface area contributed by atoms with Gasteiger partial charge < -0.3 is 5.32 Å².